The number of allylic oxidation sites excluding steroid dienone is 1. The van der Waals surface area contributed by atoms with Crippen LogP contribution >= 0.6 is 0 Å². The number of fused-ring (bicyclic) bond motifs is 1. The Hall–Kier alpha value is -3.05. The lowest BCUT2D eigenvalue weighted by Crippen LogP contribution is -1.98. The van der Waals surface area contributed by atoms with Gasteiger partial charge in [-0.25, -0.2) is 0 Å². The molecule has 0 bridgehead atoms. The van der Waals surface area contributed by atoms with E-state index in [0.29, 0.717) is 12.1 Å². The van der Waals surface area contributed by atoms with E-state index in [4.69, 9.17) is 6.42 Å². The number of para-hydroxylation sites is 1. The van der Waals surface area contributed by atoms with E-state index in [2.05, 4.69) is 22.6 Å². The summed E-state index contributed by atoms with van der Waals surface area (Å²) >= 11 is 0. The van der Waals surface area contributed by atoms with Crippen LogP contribution in [-0.2, 0) is 6.54 Å². The second-order valence-electron chi connectivity index (χ2n) is 5.37. The Bertz CT molecular complexity index is 924. The van der Waals surface area contributed by atoms with Crippen LogP contribution in [0.15, 0.2) is 60.7 Å². The van der Waals surface area contributed by atoms with Gasteiger partial charge in [0.2, 0.25) is 0 Å². The van der Waals surface area contributed by atoms with Gasteiger partial charge in [0.25, 0.3) is 0 Å². The van der Waals surface area contributed by atoms with Crippen molar-refractivity contribution in [2.45, 2.75) is 13.5 Å². The van der Waals surface area contributed by atoms with Crippen LogP contribution in [-0.4, -0.2) is 10.4 Å². The molecule has 1 heterocycles. The third-order valence-electron chi connectivity index (χ3n) is 3.99. The first-order chi connectivity index (χ1) is 11.2. The number of aromatic nitrogens is 1. The van der Waals surface area contributed by atoms with Crippen LogP contribution in [0.25, 0.3) is 17.0 Å². The van der Waals surface area contributed by atoms with Crippen molar-refractivity contribution in [2.75, 3.05) is 0 Å². The highest BCUT2D eigenvalue weighted by molar-refractivity contribution is 6.08. The van der Waals surface area contributed by atoms with Crippen molar-refractivity contribution >= 4 is 22.8 Å². The van der Waals surface area contributed by atoms with Gasteiger partial charge in [-0.15, -0.1) is 6.42 Å². The molecule has 2 heteroatoms. The Morgan fingerprint density at radius 3 is 2.57 bits per heavy atom. The molecule has 0 aliphatic rings. The average molecular weight is 299 g/mol. The molecule has 0 amide bonds. The maximum absolute atomic E-state index is 12.3. The van der Waals surface area contributed by atoms with Crippen LogP contribution in [0.5, 0.6) is 0 Å². The summed E-state index contributed by atoms with van der Waals surface area (Å²) in [6, 6.07) is 17.4. The van der Waals surface area contributed by atoms with Crippen LogP contribution < -0.4 is 0 Å². The smallest absolute Gasteiger partial charge is 0.185 e. The number of benzene rings is 2. The summed E-state index contributed by atoms with van der Waals surface area (Å²) in [5.74, 6) is 2.69. The monoisotopic (exact) mass is 299 g/mol. The molecule has 0 N–H and O–H groups in total. The molecule has 2 aromatic carbocycles. The first-order valence-corrected chi connectivity index (χ1v) is 7.51. The Morgan fingerprint density at radius 2 is 1.83 bits per heavy atom. The van der Waals surface area contributed by atoms with Gasteiger partial charge in [-0.05, 0) is 25.1 Å². The SMILES string of the molecule is C#CCn1c(C)c(/C=C/C(=O)c2ccccc2)c2ccccc21. The molecule has 0 unspecified atom stereocenters. The van der Waals surface area contributed by atoms with Gasteiger partial charge in [0, 0.05) is 27.7 Å². The molecule has 2 nitrogen and oxygen atoms in total. The zero-order chi connectivity index (χ0) is 16.2. The van der Waals surface area contributed by atoms with E-state index in [-0.39, 0.29) is 5.78 Å². The maximum Gasteiger partial charge on any atom is 0.185 e. The van der Waals surface area contributed by atoms with Crippen molar-refractivity contribution in [3.8, 4) is 12.3 Å². The molecule has 0 fully saturated rings. The minimum absolute atomic E-state index is 0.00113. The number of nitrogens with zero attached hydrogens (tertiary/aromatic N) is 1. The summed E-state index contributed by atoms with van der Waals surface area (Å²) in [6.45, 7) is 2.55. The van der Waals surface area contributed by atoms with Gasteiger partial charge in [-0.3, -0.25) is 4.79 Å². The summed E-state index contributed by atoms with van der Waals surface area (Å²) < 4.78 is 2.10. The summed E-state index contributed by atoms with van der Waals surface area (Å²) in [7, 11) is 0. The first-order valence-electron chi connectivity index (χ1n) is 7.51. The third-order valence-corrected chi connectivity index (χ3v) is 3.99. The molecular formula is C21H17NO. The summed E-state index contributed by atoms with van der Waals surface area (Å²) in [5.41, 5.74) is 3.89. The fourth-order valence-electron chi connectivity index (χ4n) is 2.82. The van der Waals surface area contributed by atoms with Crippen molar-refractivity contribution in [2.24, 2.45) is 0 Å². The molecule has 0 aliphatic heterocycles. The fourth-order valence-corrected chi connectivity index (χ4v) is 2.82. The number of carbonyl (C=O) groups is 1. The largest absolute Gasteiger partial charge is 0.333 e. The highest BCUT2D eigenvalue weighted by Gasteiger charge is 2.11. The Morgan fingerprint density at radius 1 is 1.13 bits per heavy atom. The van der Waals surface area contributed by atoms with Crippen molar-refractivity contribution in [1.29, 1.82) is 0 Å². The molecule has 3 aromatic rings. The van der Waals surface area contributed by atoms with Crippen LogP contribution in [0.2, 0.25) is 0 Å². The molecule has 0 saturated heterocycles. The highest BCUT2D eigenvalue weighted by atomic mass is 16.1. The summed E-state index contributed by atoms with van der Waals surface area (Å²) in [5, 5.41) is 1.11. The van der Waals surface area contributed by atoms with Gasteiger partial charge in [-0.1, -0.05) is 54.5 Å². The third kappa shape index (κ3) is 2.82. The number of hydrogen-bond donors (Lipinski definition) is 0. The standard InChI is InChI=1S/C21H17NO/c1-3-15-22-16(2)18(19-11-7-8-12-20(19)22)13-14-21(23)17-9-5-4-6-10-17/h1,4-14H,15H2,2H3/b14-13+. The lowest BCUT2D eigenvalue weighted by atomic mass is 10.1. The van der Waals surface area contributed by atoms with Crippen molar-refractivity contribution in [3.63, 3.8) is 0 Å². The average Bonchev–Trinajstić information content (AvgIpc) is 2.86. The number of terminal acetylenes is 1. The Balaban J connectivity index is 2.04. The Kier molecular flexibility index (Phi) is 4.12. The maximum atomic E-state index is 12.3. The number of ketones is 1. The topological polar surface area (TPSA) is 22.0 Å². The number of rotatable bonds is 4. The first kappa shape index (κ1) is 14.9. The predicted molar refractivity (Wildman–Crippen MR) is 95.3 cm³/mol. The van der Waals surface area contributed by atoms with Gasteiger partial charge >= 0.3 is 0 Å². The fraction of sp³-hybridized carbons (Fsp3) is 0.0952. The van der Waals surface area contributed by atoms with Crippen molar-refractivity contribution in [1.82, 2.24) is 4.57 Å². The molecule has 3 rings (SSSR count). The van der Waals surface area contributed by atoms with E-state index in [1.807, 2.05) is 55.5 Å². The van der Waals surface area contributed by atoms with E-state index in [1.54, 1.807) is 6.08 Å². The van der Waals surface area contributed by atoms with E-state index >= 15 is 0 Å². The van der Waals surface area contributed by atoms with Gasteiger partial charge in [0.15, 0.2) is 5.78 Å². The lowest BCUT2D eigenvalue weighted by Gasteiger charge is -2.02. The molecule has 1 aromatic heterocycles. The second kappa shape index (κ2) is 6.37. The van der Waals surface area contributed by atoms with E-state index < -0.39 is 0 Å². The second-order valence-corrected chi connectivity index (χ2v) is 5.37. The molecule has 0 radical (unpaired) electrons. The minimum atomic E-state index is -0.00113. The van der Waals surface area contributed by atoms with E-state index in [9.17, 15) is 4.79 Å². The van der Waals surface area contributed by atoms with Gasteiger partial charge in [0.05, 0.1) is 6.54 Å². The molecule has 23 heavy (non-hydrogen) atoms. The molecule has 112 valence electrons. The van der Waals surface area contributed by atoms with E-state index in [1.165, 1.54) is 0 Å². The highest BCUT2D eigenvalue weighted by Crippen LogP contribution is 2.27. The van der Waals surface area contributed by atoms with Crippen LogP contribution in [0, 0.1) is 19.3 Å². The minimum Gasteiger partial charge on any atom is -0.333 e. The van der Waals surface area contributed by atoms with Crippen molar-refractivity contribution < 1.29 is 4.79 Å². The summed E-state index contributed by atoms with van der Waals surface area (Å²) in [4.78, 5) is 12.3. The van der Waals surface area contributed by atoms with Gasteiger partial charge < -0.3 is 4.57 Å². The predicted octanol–water partition coefficient (Wildman–Crippen LogP) is 4.48. The molecule has 0 aliphatic carbocycles. The number of hydrogen-bond acceptors (Lipinski definition) is 1. The van der Waals surface area contributed by atoms with Crippen molar-refractivity contribution in [3.05, 3.63) is 77.5 Å². The van der Waals surface area contributed by atoms with Gasteiger partial charge in [-0.2, -0.15) is 0 Å². The molecule has 0 atom stereocenters. The quantitative estimate of drug-likeness (QED) is 0.395. The van der Waals surface area contributed by atoms with E-state index in [0.717, 1.165) is 22.2 Å². The Labute approximate surface area is 136 Å². The van der Waals surface area contributed by atoms with Crippen LogP contribution in [0.4, 0.5) is 0 Å². The molecule has 0 saturated carbocycles. The molecule has 0 spiro atoms. The van der Waals surface area contributed by atoms with Crippen LogP contribution in [0.3, 0.4) is 0 Å². The van der Waals surface area contributed by atoms with Gasteiger partial charge in [0.1, 0.15) is 0 Å². The normalized spacial score (nSPS) is 11.0. The van der Waals surface area contributed by atoms with Crippen LogP contribution in [0.1, 0.15) is 21.6 Å². The number of carbonyl (C=O) groups excluding carboxylic acids is 1. The molecular weight excluding hydrogens is 282 g/mol. The zero-order valence-corrected chi connectivity index (χ0v) is 13.0. The lowest BCUT2D eigenvalue weighted by molar-refractivity contribution is 0.104. The summed E-state index contributed by atoms with van der Waals surface area (Å²) in [6.07, 6.45) is 9.00. The zero-order valence-electron chi connectivity index (χ0n) is 13.0.